The van der Waals surface area contributed by atoms with Crippen molar-refractivity contribution in [2.45, 2.75) is 22.2 Å². The first kappa shape index (κ1) is 24.5. The Kier molecular flexibility index (Phi) is 6.68. The highest BCUT2D eigenvalue weighted by Gasteiger charge is 2.67. The Morgan fingerprint density at radius 2 is 2.06 bits per heavy atom. The molecule has 3 heterocycles. The third-order valence-corrected chi connectivity index (χ3v) is 7.70. The van der Waals surface area contributed by atoms with E-state index in [1.54, 1.807) is 0 Å². The number of methoxy groups -OCH3 is 1. The molecule has 2 aliphatic rings. The maximum absolute atomic E-state index is 13.2. The quantitative estimate of drug-likeness (QED) is 0.123. The van der Waals surface area contributed by atoms with Crippen molar-refractivity contribution >= 4 is 47.3 Å². The number of aliphatic carboxylic acids is 2. The van der Waals surface area contributed by atoms with E-state index in [0.29, 0.717) is 10.7 Å². The number of hydrogen-bond donors (Lipinski definition) is 5. The zero-order chi connectivity index (χ0) is 25.3. The first-order chi connectivity index (χ1) is 16.7. The number of amides is 2. The standard InChI is InChI=1S/C19H18N6O8S2/c1-33-19(20-13(27)11(14(28)29)8-2-4-10(26)5-3-8)16(32)25-12(15(30)31)9(6-34-17(19)25)7-35-18-21-23-24-22-18/h2-5,11,17,26H,6-7H2,1H3,(H,20,27)(H,28,29)(H,30,31)(H,21,22,23,24)/t11?,17-,19-/m0/s1. The van der Waals surface area contributed by atoms with E-state index in [-0.39, 0.29) is 28.5 Å². The maximum Gasteiger partial charge on any atom is 0.352 e. The lowest BCUT2D eigenvalue weighted by atomic mass is 9.94. The second-order valence-corrected chi connectivity index (χ2v) is 9.42. The summed E-state index contributed by atoms with van der Waals surface area (Å²) in [6, 6.07) is 5.01. The van der Waals surface area contributed by atoms with Gasteiger partial charge in [0.2, 0.25) is 11.1 Å². The highest BCUT2D eigenvalue weighted by Crippen LogP contribution is 2.47. The number of aromatic amines is 1. The normalized spacial score (nSPS) is 22.3. The first-order valence-electron chi connectivity index (χ1n) is 9.85. The predicted molar refractivity (Wildman–Crippen MR) is 119 cm³/mol. The minimum atomic E-state index is -1.96. The fraction of sp³-hybridized carbons (Fsp3) is 0.316. The number of carboxylic acids is 2. The van der Waals surface area contributed by atoms with Gasteiger partial charge in [-0.25, -0.2) is 9.89 Å². The van der Waals surface area contributed by atoms with E-state index in [0.717, 1.165) is 28.4 Å². The summed E-state index contributed by atoms with van der Waals surface area (Å²) < 4.78 is 5.36. The molecular formula is C19H18N6O8S2. The fourth-order valence-corrected chi connectivity index (χ4v) is 6.07. The number of nitrogens with zero attached hydrogens (tertiary/aromatic N) is 4. The number of tetrazole rings is 1. The van der Waals surface area contributed by atoms with Gasteiger partial charge in [-0.05, 0) is 33.7 Å². The topological polar surface area (TPSA) is 208 Å². The molecule has 2 aromatic rings. The number of aromatic nitrogens is 4. The van der Waals surface area contributed by atoms with E-state index in [4.69, 9.17) is 4.74 Å². The summed E-state index contributed by atoms with van der Waals surface area (Å²) in [7, 11) is 1.17. The smallest absolute Gasteiger partial charge is 0.352 e. The van der Waals surface area contributed by atoms with Gasteiger partial charge in [0.15, 0.2) is 5.92 Å². The van der Waals surface area contributed by atoms with E-state index in [1.165, 1.54) is 31.4 Å². The second kappa shape index (κ2) is 9.55. The van der Waals surface area contributed by atoms with Crippen molar-refractivity contribution in [1.82, 2.24) is 30.8 Å². The van der Waals surface area contributed by atoms with Crippen LogP contribution in [0.25, 0.3) is 0 Å². The molecule has 0 spiro atoms. The lowest BCUT2D eigenvalue weighted by Gasteiger charge is -2.56. The van der Waals surface area contributed by atoms with Crippen molar-refractivity contribution in [3.8, 4) is 5.75 Å². The summed E-state index contributed by atoms with van der Waals surface area (Å²) in [4.78, 5) is 51.1. The Labute approximate surface area is 205 Å². The van der Waals surface area contributed by atoms with Crippen LogP contribution in [0.2, 0.25) is 0 Å². The van der Waals surface area contributed by atoms with Gasteiger partial charge in [-0.15, -0.1) is 16.9 Å². The van der Waals surface area contributed by atoms with Gasteiger partial charge in [0.25, 0.3) is 11.6 Å². The molecule has 0 radical (unpaired) electrons. The zero-order valence-electron chi connectivity index (χ0n) is 17.9. The van der Waals surface area contributed by atoms with Gasteiger partial charge < -0.3 is 25.4 Å². The lowest BCUT2D eigenvalue weighted by molar-refractivity contribution is -0.193. The van der Waals surface area contributed by atoms with Crippen molar-refractivity contribution in [2.75, 3.05) is 18.6 Å². The molecule has 0 bridgehead atoms. The Morgan fingerprint density at radius 3 is 2.63 bits per heavy atom. The number of ether oxygens (including phenoxy) is 1. The third kappa shape index (κ3) is 4.30. The number of thioether (sulfide) groups is 2. The Hall–Kier alpha value is -3.63. The maximum atomic E-state index is 13.2. The van der Waals surface area contributed by atoms with Crippen molar-refractivity contribution in [2.24, 2.45) is 0 Å². The number of β-lactam (4-membered cyclic amide) rings is 1. The SMILES string of the molecule is CO[C@@]1(NC(=O)C(C(=O)O)c2ccc(O)cc2)C(=O)N2C(C(=O)O)=C(CSc3nnn[nH]3)CS[C@H]21. The van der Waals surface area contributed by atoms with Crippen LogP contribution in [-0.2, 0) is 23.9 Å². The van der Waals surface area contributed by atoms with Crippen molar-refractivity contribution in [3.63, 3.8) is 0 Å². The molecule has 2 amide bonds. The number of phenolic OH excluding ortho intramolecular Hbond substituents is 1. The van der Waals surface area contributed by atoms with Gasteiger partial charge in [-0.3, -0.25) is 19.3 Å². The van der Waals surface area contributed by atoms with E-state index in [9.17, 15) is 34.5 Å². The number of hydrogen-bond acceptors (Lipinski definition) is 11. The predicted octanol–water partition coefficient (Wildman–Crippen LogP) is -0.421. The number of carboxylic acid groups (broad SMARTS) is 2. The van der Waals surface area contributed by atoms with Gasteiger partial charge in [0.1, 0.15) is 16.8 Å². The van der Waals surface area contributed by atoms with Crippen molar-refractivity contribution < 1.29 is 39.2 Å². The van der Waals surface area contributed by atoms with Gasteiger partial charge >= 0.3 is 11.9 Å². The fourth-order valence-electron chi connectivity index (χ4n) is 3.75. The molecule has 0 aliphatic carbocycles. The van der Waals surface area contributed by atoms with Gasteiger partial charge in [-0.1, -0.05) is 23.9 Å². The highest BCUT2D eigenvalue weighted by atomic mass is 32.2. The molecule has 3 atom stereocenters. The van der Waals surface area contributed by atoms with Crippen LogP contribution in [0, 0.1) is 0 Å². The Balaban J connectivity index is 1.58. The summed E-state index contributed by atoms with van der Waals surface area (Å²) >= 11 is 2.32. The zero-order valence-corrected chi connectivity index (χ0v) is 19.5. The Morgan fingerprint density at radius 1 is 1.34 bits per heavy atom. The van der Waals surface area contributed by atoms with Crippen molar-refractivity contribution in [1.29, 1.82) is 0 Å². The molecule has 1 aromatic carbocycles. The lowest BCUT2D eigenvalue weighted by Crippen LogP contribution is -2.81. The number of aromatic hydroxyl groups is 1. The summed E-state index contributed by atoms with van der Waals surface area (Å²) in [5.74, 6) is -6.11. The van der Waals surface area contributed by atoms with Crippen LogP contribution in [0.1, 0.15) is 11.5 Å². The largest absolute Gasteiger partial charge is 0.508 e. The monoisotopic (exact) mass is 522 g/mol. The molecule has 16 heteroatoms. The number of fused-ring (bicyclic) bond motifs is 1. The average molecular weight is 523 g/mol. The van der Waals surface area contributed by atoms with E-state index < -0.39 is 40.8 Å². The van der Waals surface area contributed by atoms with E-state index in [1.807, 2.05) is 0 Å². The summed E-state index contributed by atoms with van der Waals surface area (Å²) in [5, 5.41) is 43.9. The summed E-state index contributed by atoms with van der Waals surface area (Å²) in [6.07, 6.45) is 0. The molecule has 1 unspecified atom stereocenters. The first-order valence-corrected chi connectivity index (χ1v) is 11.9. The minimum Gasteiger partial charge on any atom is -0.508 e. The van der Waals surface area contributed by atoms with Crippen LogP contribution in [0.3, 0.4) is 0 Å². The molecule has 184 valence electrons. The van der Waals surface area contributed by atoms with Gasteiger partial charge in [-0.2, -0.15) is 0 Å². The third-order valence-electron chi connectivity index (χ3n) is 5.39. The molecule has 1 saturated heterocycles. The number of carbonyl (C=O) groups excluding carboxylic acids is 2. The highest BCUT2D eigenvalue weighted by molar-refractivity contribution is 8.01. The number of H-pyrrole nitrogens is 1. The van der Waals surface area contributed by atoms with Crippen LogP contribution in [0.5, 0.6) is 5.75 Å². The molecule has 2 aliphatic heterocycles. The van der Waals surface area contributed by atoms with Crippen molar-refractivity contribution in [3.05, 3.63) is 41.1 Å². The molecule has 1 fully saturated rings. The summed E-state index contributed by atoms with van der Waals surface area (Å²) in [6.45, 7) is 0. The number of carbonyl (C=O) groups is 4. The van der Waals surface area contributed by atoms with E-state index >= 15 is 0 Å². The minimum absolute atomic E-state index is 0.0753. The molecule has 0 saturated carbocycles. The molecule has 1 aromatic heterocycles. The van der Waals surface area contributed by atoms with Crippen LogP contribution in [0.15, 0.2) is 40.7 Å². The molecule has 5 N–H and O–H groups in total. The van der Waals surface area contributed by atoms with Crippen LogP contribution in [0.4, 0.5) is 0 Å². The second-order valence-electron chi connectivity index (χ2n) is 7.38. The average Bonchev–Trinajstić information content (AvgIpc) is 3.35. The van der Waals surface area contributed by atoms with Gasteiger partial charge in [0, 0.05) is 18.6 Å². The molecular weight excluding hydrogens is 504 g/mol. The van der Waals surface area contributed by atoms with Crippen LogP contribution >= 0.6 is 23.5 Å². The van der Waals surface area contributed by atoms with Gasteiger partial charge in [0.05, 0.1) is 0 Å². The van der Waals surface area contributed by atoms with E-state index in [2.05, 4.69) is 25.9 Å². The van der Waals surface area contributed by atoms with Crippen LogP contribution < -0.4 is 5.32 Å². The number of rotatable bonds is 9. The summed E-state index contributed by atoms with van der Waals surface area (Å²) in [5.41, 5.74) is -1.68. The Bertz CT molecular complexity index is 1200. The van der Waals surface area contributed by atoms with Crippen LogP contribution in [-0.4, -0.2) is 94.3 Å². The number of phenols is 1. The molecule has 35 heavy (non-hydrogen) atoms. The molecule has 4 rings (SSSR count). The number of nitrogens with one attached hydrogen (secondary N) is 2. The number of benzene rings is 1. The molecule has 14 nitrogen and oxygen atoms in total.